The van der Waals surface area contributed by atoms with Crippen LogP contribution in [-0.2, 0) is 16.1 Å². The van der Waals surface area contributed by atoms with Crippen molar-refractivity contribution >= 4 is 17.7 Å². The average molecular weight is 360 g/mol. The highest BCUT2D eigenvalue weighted by Gasteiger charge is 2.29. The molecule has 2 heterocycles. The van der Waals surface area contributed by atoms with Crippen molar-refractivity contribution < 1.29 is 9.53 Å². The maximum atomic E-state index is 13.2. The van der Waals surface area contributed by atoms with E-state index in [4.69, 9.17) is 4.74 Å². The molecule has 1 saturated heterocycles. The van der Waals surface area contributed by atoms with Crippen molar-refractivity contribution in [2.75, 3.05) is 26.8 Å². The normalized spacial score (nSPS) is 16.0. The molecule has 1 aliphatic heterocycles. The summed E-state index contributed by atoms with van der Waals surface area (Å²) in [5.74, 6) is 0.164. The topological polar surface area (TPSA) is 60.2 Å². The highest BCUT2D eigenvalue weighted by molar-refractivity contribution is 8.00. The second-order valence-corrected chi connectivity index (χ2v) is 7.17. The quantitative estimate of drug-likeness (QED) is 0.711. The summed E-state index contributed by atoms with van der Waals surface area (Å²) in [6.45, 7) is 2.95. The zero-order valence-corrected chi connectivity index (χ0v) is 15.3. The zero-order valence-electron chi connectivity index (χ0n) is 14.5. The number of piperidine rings is 1. The Morgan fingerprint density at radius 3 is 2.72 bits per heavy atom. The van der Waals surface area contributed by atoms with E-state index in [1.807, 2.05) is 39.8 Å². The molecule has 3 rings (SSSR count). The van der Waals surface area contributed by atoms with Crippen molar-refractivity contribution in [1.82, 2.24) is 19.7 Å². The Balaban J connectivity index is 1.82. The number of methoxy groups -OCH3 is 1. The number of carbonyl (C=O) groups excluding carboxylic acids is 1. The number of ether oxygens (including phenoxy) is 1. The van der Waals surface area contributed by atoms with Gasteiger partial charge in [0.05, 0.1) is 6.61 Å². The van der Waals surface area contributed by atoms with Crippen LogP contribution in [0.15, 0.2) is 41.8 Å². The standard InChI is InChI=1S/C18H24N4O2S/c1-24-13-12-22-14-19-20-18(22)25-16(15-8-4-2-5-9-15)17(23)21-10-6-3-7-11-21/h2,4-5,8-9,14,16H,3,6-7,10-13H2,1H3/t16-/m1/s1. The molecule has 0 bridgehead atoms. The predicted octanol–water partition coefficient (Wildman–Crippen LogP) is 2.77. The van der Waals surface area contributed by atoms with E-state index < -0.39 is 0 Å². The number of benzene rings is 1. The third-order valence-electron chi connectivity index (χ3n) is 4.33. The summed E-state index contributed by atoms with van der Waals surface area (Å²) in [5, 5.41) is 8.66. The summed E-state index contributed by atoms with van der Waals surface area (Å²) in [6, 6.07) is 9.94. The maximum absolute atomic E-state index is 13.2. The van der Waals surface area contributed by atoms with Crippen molar-refractivity contribution in [2.24, 2.45) is 0 Å². The Labute approximate surface area is 152 Å². The molecule has 0 spiro atoms. The van der Waals surface area contributed by atoms with Crippen LogP contribution in [-0.4, -0.2) is 52.4 Å². The van der Waals surface area contributed by atoms with Gasteiger partial charge in [-0.05, 0) is 24.8 Å². The van der Waals surface area contributed by atoms with E-state index in [-0.39, 0.29) is 11.2 Å². The fourth-order valence-corrected chi connectivity index (χ4v) is 4.08. The summed E-state index contributed by atoms with van der Waals surface area (Å²) >= 11 is 1.47. The molecule has 1 aliphatic rings. The van der Waals surface area contributed by atoms with Crippen molar-refractivity contribution in [3.05, 3.63) is 42.2 Å². The van der Waals surface area contributed by atoms with Crippen LogP contribution in [0.3, 0.4) is 0 Å². The second-order valence-electron chi connectivity index (χ2n) is 6.09. The molecule has 0 N–H and O–H groups in total. The Morgan fingerprint density at radius 2 is 2.00 bits per heavy atom. The summed E-state index contributed by atoms with van der Waals surface area (Å²) in [5.41, 5.74) is 1.00. The summed E-state index contributed by atoms with van der Waals surface area (Å²) in [4.78, 5) is 15.2. The summed E-state index contributed by atoms with van der Waals surface area (Å²) < 4.78 is 7.08. The lowest BCUT2D eigenvalue weighted by Gasteiger charge is -2.30. The molecule has 2 aromatic rings. The van der Waals surface area contributed by atoms with E-state index in [1.165, 1.54) is 18.2 Å². The van der Waals surface area contributed by atoms with Gasteiger partial charge in [0, 0.05) is 26.7 Å². The summed E-state index contributed by atoms with van der Waals surface area (Å²) in [6.07, 6.45) is 5.07. The van der Waals surface area contributed by atoms with Gasteiger partial charge in [-0.25, -0.2) is 0 Å². The van der Waals surface area contributed by atoms with Gasteiger partial charge in [0.15, 0.2) is 5.16 Å². The minimum atomic E-state index is -0.301. The van der Waals surface area contributed by atoms with Crippen LogP contribution in [0.2, 0.25) is 0 Å². The Kier molecular flexibility index (Phi) is 6.47. The van der Waals surface area contributed by atoms with Crippen LogP contribution < -0.4 is 0 Å². The Hall–Kier alpha value is -1.86. The number of thioether (sulfide) groups is 1. The van der Waals surface area contributed by atoms with E-state index in [9.17, 15) is 4.79 Å². The number of hydrogen-bond donors (Lipinski definition) is 0. The molecule has 0 aliphatic carbocycles. The molecule has 1 atom stereocenters. The predicted molar refractivity (Wildman–Crippen MR) is 97.4 cm³/mol. The van der Waals surface area contributed by atoms with Crippen molar-refractivity contribution in [2.45, 2.75) is 36.2 Å². The molecule has 1 amide bonds. The SMILES string of the molecule is COCCn1cnnc1S[C@@H](C(=O)N1CCCCC1)c1ccccc1. The van der Waals surface area contributed by atoms with E-state index in [2.05, 4.69) is 10.2 Å². The first-order chi connectivity index (χ1) is 12.3. The van der Waals surface area contributed by atoms with Gasteiger partial charge in [-0.15, -0.1) is 10.2 Å². The van der Waals surface area contributed by atoms with Gasteiger partial charge in [-0.2, -0.15) is 0 Å². The van der Waals surface area contributed by atoms with Crippen LogP contribution in [0.5, 0.6) is 0 Å². The molecule has 0 saturated carbocycles. The van der Waals surface area contributed by atoms with Gasteiger partial charge in [0.25, 0.3) is 0 Å². The smallest absolute Gasteiger partial charge is 0.240 e. The fraction of sp³-hybridized carbons (Fsp3) is 0.500. The van der Waals surface area contributed by atoms with E-state index >= 15 is 0 Å². The molecule has 1 fully saturated rings. The Bertz CT molecular complexity index is 671. The van der Waals surface area contributed by atoms with Crippen molar-refractivity contribution in [3.63, 3.8) is 0 Å². The van der Waals surface area contributed by atoms with Gasteiger partial charge >= 0.3 is 0 Å². The number of carbonyl (C=O) groups is 1. The van der Waals surface area contributed by atoms with Crippen LogP contribution in [0, 0.1) is 0 Å². The molecule has 1 aromatic heterocycles. The first-order valence-corrected chi connectivity index (χ1v) is 9.54. The first kappa shape index (κ1) is 17.9. The number of rotatable bonds is 7. The number of likely N-dealkylation sites (tertiary alicyclic amines) is 1. The lowest BCUT2D eigenvalue weighted by atomic mass is 10.1. The molecular formula is C18H24N4O2S. The van der Waals surface area contributed by atoms with Crippen molar-refractivity contribution in [1.29, 1.82) is 0 Å². The lowest BCUT2D eigenvalue weighted by molar-refractivity contribution is -0.131. The molecule has 1 aromatic carbocycles. The highest BCUT2D eigenvalue weighted by atomic mass is 32.2. The van der Waals surface area contributed by atoms with Crippen molar-refractivity contribution in [3.8, 4) is 0 Å². The third kappa shape index (κ3) is 4.61. The van der Waals surface area contributed by atoms with Crippen LogP contribution in [0.4, 0.5) is 0 Å². The molecule has 25 heavy (non-hydrogen) atoms. The van der Waals surface area contributed by atoms with Crippen LogP contribution in [0.25, 0.3) is 0 Å². The number of amides is 1. The average Bonchev–Trinajstić information content (AvgIpc) is 3.12. The maximum Gasteiger partial charge on any atom is 0.240 e. The molecule has 6 nitrogen and oxygen atoms in total. The molecule has 134 valence electrons. The van der Waals surface area contributed by atoms with Gasteiger partial charge < -0.3 is 14.2 Å². The number of aromatic nitrogens is 3. The minimum absolute atomic E-state index is 0.164. The summed E-state index contributed by atoms with van der Waals surface area (Å²) in [7, 11) is 1.67. The van der Waals surface area contributed by atoms with Gasteiger partial charge in [-0.1, -0.05) is 42.1 Å². The molecule has 0 unspecified atom stereocenters. The molecular weight excluding hydrogens is 336 g/mol. The Morgan fingerprint density at radius 1 is 1.24 bits per heavy atom. The van der Waals surface area contributed by atoms with E-state index in [0.717, 1.165) is 36.7 Å². The minimum Gasteiger partial charge on any atom is -0.383 e. The second kappa shape index (κ2) is 9.01. The largest absolute Gasteiger partial charge is 0.383 e. The zero-order chi connectivity index (χ0) is 17.5. The van der Waals surface area contributed by atoms with Gasteiger partial charge in [0.2, 0.25) is 5.91 Å². The highest BCUT2D eigenvalue weighted by Crippen LogP contribution is 2.36. The number of nitrogens with zero attached hydrogens (tertiary/aromatic N) is 4. The van der Waals surface area contributed by atoms with Crippen LogP contribution >= 0.6 is 11.8 Å². The third-order valence-corrected chi connectivity index (χ3v) is 5.57. The lowest BCUT2D eigenvalue weighted by Crippen LogP contribution is -2.38. The van der Waals surface area contributed by atoms with Crippen LogP contribution in [0.1, 0.15) is 30.1 Å². The van der Waals surface area contributed by atoms with E-state index in [0.29, 0.717) is 13.2 Å². The fourth-order valence-electron chi connectivity index (χ4n) is 2.95. The first-order valence-electron chi connectivity index (χ1n) is 8.66. The van der Waals surface area contributed by atoms with E-state index in [1.54, 1.807) is 13.4 Å². The monoisotopic (exact) mass is 360 g/mol. The molecule has 0 radical (unpaired) electrons. The van der Waals surface area contributed by atoms with Gasteiger partial charge in [-0.3, -0.25) is 4.79 Å². The molecule has 7 heteroatoms. The number of hydrogen-bond acceptors (Lipinski definition) is 5. The van der Waals surface area contributed by atoms with Gasteiger partial charge in [0.1, 0.15) is 11.6 Å².